The number of aromatic nitrogens is 1. The van der Waals surface area contributed by atoms with Gasteiger partial charge in [0, 0.05) is 23.4 Å². The number of carbonyl (C=O) groups is 3. The van der Waals surface area contributed by atoms with Crippen LogP contribution in [0.15, 0.2) is 30.3 Å². The Labute approximate surface area is 165 Å². The summed E-state index contributed by atoms with van der Waals surface area (Å²) >= 11 is 0. The Morgan fingerprint density at radius 3 is 2.61 bits per heavy atom. The molecule has 3 N–H and O–H groups in total. The first-order valence-corrected chi connectivity index (χ1v) is 9.92. The molecule has 1 atom stereocenters. The Bertz CT molecular complexity index is 871. The summed E-state index contributed by atoms with van der Waals surface area (Å²) in [6, 6.07) is 8.56. The quantitative estimate of drug-likeness (QED) is 0.682. The van der Waals surface area contributed by atoms with Gasteiger partial charge in [0.1, 0.15) is 11.7 Å². The van der Waals surface area contributed by atoms with E-state index in [0.717, 1.165) is 31.4 Å². The molecule has 2 aromatic rings. The Balaban J connectivity index is 1.76. The van der Waals surface area contributed by atoms with Crippen molar-refractivity contribution in [2.45, 2.75) is 58.4 Å². The smallest absolute Gasteiger partial charge is 0.268 e. The number of aromatic amines is 1. The van der Waals surface area contributed by atoms with Gasteiger partial charge in [-0.15, -0.1) is 0 Å². The van der Waals surface area contributed by atoms with Crippen LogP contribution in [-0.4, -0.2) is 28.6 Å². The first-order valence-electron chi connectivity index (χ1n) is 9.92. The maximum Gasteiger partial charge on any atom is 0.268 e. The van der Waals surface area contributed by atoms with Crippen LogP contribution in [0, 0.1) is 6.92 Å². The van der Waals surface area contributed by atoms with Gasteiger partial charge in [-0.3, -0.25) is 14.4 Å². The van der Waals surface area contributed by atoms with Gasteiger partial charge in [0.15, 0.2) is 5.78 Å². The van der Waals surface area contributed by atoms with E-state index in [1.165, 1.54) is 0 Å². The summed E-state index contributed by atoms with van der Waals surface area (Å²) in [5, 5.41) is 5.72. The lowest BCUT2D eigenvalue weighted by atomic mass is 9.94. The first kappa shape index (κ1) is 19.9. The molecule has 6 heteroatoms. The Hall–Kier alpha value is -2.89. The van der Waals surface area contributed by atoms with Crippen LogP contribution in [-0.2, 0) is 11.2 Å². The maximum absolute atomic E-state index is 12.9. The number of unbranched alkanes of at least 4 members (excludes halogenated alkanes) is 1. The number of H-pyrrole nitrogens is 1. The summed E-state index contributed by atoms with van der Waals surface area (Å²) in [6.45, 7) is 3.83. The highest BCUT2D eigenvalue weighted by atomic mass is 16.2. The second kappa shape index (κ2) is 8.87. The van der Waals surface area contributed by atoms with E-state index in [4.69, 9.17) is 0 Å². The number of rotatable bonds is 7. The lowest BCUT2D eigenvalue weighted by molar-refractivity contribution is -0.118. The van der Waals surface area contributed by atoms with Crippen molar-refractivity contribution >= 4 is 23.3 Å². The van der Waals surface area contributed by atoms with Crippen LogP contribution >= 0.6 is 0 Å². The number of anilines is 1. The van der Waals surface area contributed by atoms with E-state index in [1.807, 2.05) is 37.3 Å². The number of hydrogen-bond donors (Lipinski definition) is 3. The molecule has 1 aromatic carbocycles. The van der Waals surface area contributed by atoms with Crippen LogP contribution in [0.4, 0.5) is 5.69 Å². The summed E-state index contributed by atoms with van der Waals surface area (Å²) in [5.74, 6) is -0.500. The number of ketones is 1. The second-order valence-corrected chi connectivity index (χ2v) is 7.28. The van der Waals surface area contributed by atoms with Gasteiger partial charge >= 0.3 is 0 Å². The zero-order chi connectivity index (χ0) is 20.1. The molecule has 0 bridgehead atoms. The molecule has 1 aromatic heterocycles. The topological polar surface area (TPSA) is 91.1 Å². The number of hydrogen-bond acceptors (Lipinski definition) is 3. The molecule has 0 fully saturated rings. The molecule has 0 radical (unpaired) electrons. The van der Waals surface area contributed by atoms with Crippen LogP contribution in [0.3, 0.4) is 0 Å². The monoisotopic (exact) mass is 381 g/mol. The Morgan fingerprint density at radius 1 is 1.18 bits per heavy atom. The third kappa shape index (κ3) is 4.32. The summed E-state index contributed by atoms with van der Waals surface area (Å²) in [5.41, 5.74) is 3.23. The van der Waals surface area contributed by atoms with Gasteiger partial charge in [-0.2, -0.15) is 0 Å². The molecular formula is C22H27N3O3. The molecular weight excluding hydrogens is 354 g/mol. The summed E-state index contributed by atoms with van der Waals surface area (Å²) in [7, 11) is 0. The predicted octanol–water partition coefficient (Wildman–Crippen LogP) is 3.77. The number of amides is 2. The lowest BCUT2D eigenvalue weighted by Crippen LogP contribution is -2.44. The highest BCUT2D eigenvalue weighted by Crippen LogP contribution is 2.26. The molecule has 1 heterocycles. The Kier molecular flexibility index (Phi) is 6.29. The zero-order valence-electron chi connectivity index (χ0n) is 16.4. The standard InChI is InChI=1S/C22H27N3O3/c1-3-4-11-17(21(27)23-15-9-6-5-7-10-15)25-22(28)20-14(2)19-16(24-20)12-8-13-18(19)26/h5-7,9-10,17,24H,3-4,8,11-13H2,1-2H3,(H,23,27)(H,25,28). The summed E-state index contributed by atoms with van der Waals surface area (Å²) < 4.78 is 0. The van der Waals surface area contributed by atoms with Gasteiger partial charge < -0.3 is 15.6 Å². The Morgan fingerprint density at radius 2 is 1.93 bits per heavy atom. The normalized spacial score (nSPS) is 14.3. The van der Waals surface area contributed by atoms with Crippen molar-refractivity contribution in [3.63, 3.8) is 0 Å². The second-order valence-electron chi connectivity index (χ2n) is 7.28. The van der Waals surface area contributed by atoms with Crippen molar-refractivity contribution in [1.82, 2.24) is 10.3 Å². The number of benzene rings is 1. The minimum absolute atomic E-state index is 0.0819. The van der Waals surface area contributed by atoms with Crippen LogP contribution in [0.25, 0.3) is 0 Å². The van der Waals surface area contributed by atoms with Crippen molar-refractivity contribution in [2.75, 3.05) is 5.32 Å². The van der Waals surface area contributed by atoms with Crippen molar-refractivity contribution in [1.29, 1.82) is 0 Å². The number of fused-ring (bicyclic) bond motifs is 1. The largest absolute Gasteiger partial charge is 0.354 e. The van der Waals surface area contributed by atoms with E-state index < -0.39 is 6.04 Å². The fourth-order valence-corrected chi connectivity index (χ4v) is 3.66. The van der Waals surface area contributed by atoms with Crippen molar-refractivity contribution in [2.24, 2.45) is 0 Å². The van der Waals surface area contributed by atoms with E-state index in [0.29, 0.717) is 35.3 Å². The predicted molar refractivity (Wildman–Crippen MR) is 109 cm³/mol. The van der Waals surface area contributed by atoms with E-state index in [2.05, 4.69) is 15.6 Å². The molecule has 6 nitrogen and oxygen atoms in total. The first-order chi connectivity index (χ1) is 13.5. The fraction of sp³-hybridized carbons (Fsp3) is 0.409. The van der Waals surface area contributed by atoms with Crippen LogP contribution < -0.4 is 10.6 Å². The summed E-state index contributed by atoms with van der Waals surface area (Å²) in [6.07, 6.45) is 4.39. The number of para-hydroxylation sites is 1. The average Bonchev–Trinajstić information content (AvgIpc) is 3.03. The van der Waals surface area contributed by atoms with E-state index in [-0.39, 0.29) is 17.6 Å². The van der Waals surface area contributed by atoms with Gasteiger partial charge in [0.25, 0.3) is 5.91 Å². The van der Waals surface area contributed by atoms with Gasteiger partial charge in [-0.1, -0.05) is 38.0 Å². The third-order valence-electron chi connectivity index (χ3n) is 5.17. The van der Waals surface area contributed by atoms with Crippen LogP contribution in [0.1, 0.15) is 71.1 Å². The van der Waals surface area contributed by atoms with Gasteiger partial charge in [-0.05, 0) is 43.9 Å². The molecule has 0 saturated heterocycles. The van der Waals surface area contributed by atoms with Gasteiger partial charge in [-0.25, -0.2) is 0 Å². The molecule has 28 heavy (non-hydrogen) atoms. The molecule has 148 valence electrons. The number of aryl methyl sites for hydroxylation is 1. The average molecular weight is 381 g/mol. The number of Topliss-reactive ketones (excluding diaryl/α,β-unsaturated/α-hetero) is 1. The minimum atomic E-state index is -0.636. The summed E-state index contributed by atoms with van der Waals surface area (Å²) in [4.78, 5) is 40.9. The number of nitrogens with one attached hydrogen (secondary N) is 3. The molecule has 0 saturated carbocycles. The lowest BCUT2D eigenvalue weighted by Gasteiger charge is -2.18. The molecule has 1 aliphatic rings. The van der Waals surface area contributed by atoms with Crippen molar-refractivity contribution in [3.8, 4) is 0 Å². The van der Waals surface area contributed by atoms with Crippen molar-refractivity contribution < 1.29 is 14.4 Å². The van der Waals surface area contributed by atoms with Gasteiger partial charge in [0.05, 0.1) is 0 Å². The van der Waals surface area contributed by atoms with E-state index >= 15 is 0 Å². The molecule has 1 unspecified atom stereocenters. The van der Waals surface area contributed by atoms with Gasteiger partial charge in [0.2, 0.25) is 5.91 Å². The molecule has 2 amide bonds. The van der Waals surface area contributed by atoms with Crippen LogP contribution in [0.5, 0.6) is 0 Å². The minimum Gasteiger partial charge on any atom is -0.354 e. The highest BCUT2D eigenvalue weighted by Gasteiger charge is 2.28. The fourth-order valence-electron chi connectivity index (χ4n) is 3.66. The molecule has 0 aliphatic heterocycles. The molecule has 1 aliphatic carbocycles. The third-order valence-corrected chi connectivity index (χ3v) is 5.17. The zero-order valence-corrected chi connectivity index (χ0v) is 16.4. The maximum atomic E-state index is 12.9. The SMILES string of the molecule is CCCCC(NC(=O)c1[nH]c2c(c1C)C(=O)CCC2)C(=O)Nc1ccccc1. The van der Waals surface area contributed by atoms with E-state index in [1.54, 1.807) is 6.92 Å². The molecule has 3 rings (SSSR count). The number of carbonyl (C=O) groups excluding carboxylic acids is 3. The van der Waals surface area contributed by atoms with Crippen LogP contribution in [0.2, 0.25) is 0 Å². The van der Waals surface area contributed by atoms with E-state index in [9.17, 15) is 14.4 Å². The van der Waals surface area contributed by atoms with Crippen molar-refractivity contribution in [3.05, 3.63) is 52.8 Å². The molecule has 0 spiro atoms. The highest BCUT2D eigenvalue weighted by molar-refractivity contribution is 6.05.